The van der Waals surface area contributed by atoms with Crippen LogP contribution in [0.1, 0.15) is 42.1 Å². The number of aliphatic imine (C=N–C) groups is 1. The first-order chi connectivity index (χ1) is 19.8. The van der Waals surface area contributed by atoms with Gasteiger partial charge in [-0.1, -0.05) is 140 Å². The number of fused-ring (bicyclic) bond motifs is 1. The second-order valence-corrected chi connectivity index (χ2v) is 9.92. The van der Waals surface area contributed by atoms with E-state index in [1.807, 2.05) is 0 Å². The Morgan fingerprint density at radius 1 is 0.650 bits per heavy atom. The van der Waals surface area contributed by atoms with Crippen LogP contribution in [0.5, 0.6) is 0 Å². The second kappa shape index (κ2) is 11.4. The molecular weight excluding hydrogens is 484 g/mol. The Bertz CT molecular complexity index is 1710. The predicted molar refractivity (Wildman–Crippen MR) is 170 cm³/mol. The van der Waals surface area contributed by atoms with Gasteiger partial charge in [0, 0.05) is 11.1 Å². The van der Waals surface area contributed by atoms with Gasteiger partial charge in [0.15, 0.2) is 0 Å². The van der Waals surface area contributed by atoms with Gasteiger partial charge in [-0.25, -0.2) is 4.99 Å². The summed E-state index contributed by atoms with van der Waals surface area (Å²) < 4.78 is 0. The van der Waals surface area contributed by atoms with Crippen molar-refractivity contribution in [1.29, 1.82) is 0 Å². The summed E-state index contributed by atoms with van der Waals surface area (Å²) >= 11 is 0. The van der Waals surface area contributed by atoms with Crippen molar-refractivity contribution in [1.82, 2.24) is 5.32 Å². The lowest BCUT2D eigenvalue weighted by Gasteiger charge is -2.28. The van der Waals surface area contributed by atoms with Gasteiger partial charge < -0.3 is 5.32 Å². The lowest BCUT2D eigenvalue weighted by Crippen LogP contribution is -2.32. The monoisotopic (exact) mass is 516 g/mol. The molecule has 0 saturated carbocycles. The van der Waals surface area contributed by atoms with Crippen LogP contribution in [0, 0.1) is 0 Å². The molecule has 1 atom stereocenters. The Morgan fingerprint density at radius 2 is 1.32 bits per heavy atom. The van der Waals surface area contributed by atoms with E-state index in [2.05, 4.69) is 165 Å². The van der Waals surface area contributed by atoms with Crippen molar-refractivity contribution in [3.05, 3.63) is 168 Å². The SMILES string of the molecule is C/C=C\C(=C/C)c1cccc(-c2ccccc2)c1-c1ccc(C2=Nc3ccccc3C(c3ccccc3)N2)cc1. The summed E-state index contributed by atoms with van der Waals surface area (Å²) in [4.78, 5) is 5.03. The van der Waals surface area contributed by atoms with Gasteiger partial charge in [-0.05, 0) is 58.9 Å². The molecule has 40 heavy (non-hydrogen) atoms. The number of para-hydroxylation sites is 1. The maximum absolute atomic E-state index is 5.03. The molecule has 2 nitrogen and oxygen atoms in total. The van der Waals surface area contributed by atoms with Gasteiger partial charge in [0.2, 0.25) is 0 Å². The van der Waals surface area contributed by atoms with Crippen molar-refractivity contribution < 1.29 is 0 Å². The van der Waals surface area contributed by atoms with Gasteiger partial charge in [0.1, 0.15) is 5.84 Å². The molecule has 6 rings (SSSR count). The quantitative estimate of drug-likeness (QED) is 0.223. The van der Waals surface area contributed by atoms with Crippen molar-refractivity contribution in [2.75, 3.05) is 0 Å². The number of rotatable bonds is 6. The maximum Gasteiger partial charge on any atom is 0.134 e. The number of benzene rings is 5. The number of hydrogen-bond acceptors (Lipinski definition) is 2. The van der Waals surface area contributed by atoms with E-state index in [4.69, 9.17) is 4.99 Å². The number of nitrogens with one attached hydrogen (secondary N) is 1. The van der Waals surface area contributed by atoms with Gasteiger partial charge in [0.05, 0.1) is 11.7 Å². The first-order valence-corrected chi connectivity index (χ1v) is 13.8. The Balaban J connectivity index is 1.44. The van der Waals surface area contributed by atoms with Gasteiger partial charge >= 0.3 is 0 Å². The van der Waals surface area contributed by atoms with E-state index < -0.39 is 0 Å². The molecule has 0 spiro atoms. The topological polar surface area (TPSA) is 24.4 Å². The molecule has 1 heterocycles. The van der Waals surface area contributed by atoms with Crippen molar-refractivity contribution in [2.24, 2.45) is 4.99 Å². The van der Waals surface area contributed by atoms with Crippen LogP contribution in [0.4, 0.5) is 5.69 Å². The number of amidine groups is 1. The Morgan fingerprint density at radius 3 is 2.05 bits per heavy atom. The lowest BCUT2D eigenvalue weighted by atomic mass is 9.87. The third-order valence-electron chi connectivity index (χ3n) is 7.46. The van der Waals surface area contributed by atoms with E-state index in [9.17, 15) is 0 Å². The number of nitrogens with zero attached hydrogens (tertiary/aromatic N) is 1. The second-order valence-electron chi connectivity index (χ2n) is 9.92. The molecule has 1 unspecified atom stereocenters. The molecule has 194 valence electrons. The molecule has 1 aliphatic heterocycles. The molecule has 5 aromatic carbocycles. The fraction of sp³-hybridized carbons (Fsp3) is 0.0789. The zero-order valence-corrected chi connectivity index (χ0v) is 22.9. The normalized spacial score (nSPS) is 14.9. The van der Waals surface area contributed by atoms with Gasteiger partial charge in [0.25, 0.3) is 0 Å². The van der Waals surface area contributed by atoms with Crippen LogP contribution < -0.4 is 5.32 Å². The fourth-order valence-corrected chi connectivity index (χ4v) is 5.53. The predicted octanol–water partition coefficient (Wildman–Crippen LogP) is 9.77. The highest BCUT2D eigenvalue weighted by molar-refractivity contribution is 6.03. The van der Waals surface area contributed by atoms with Crippen LogP contribution in [0.2, 0.25) is 0 Å². The smallest absolute Gasteiger partial charge is 0.134 e. The highest BCUT2D eigenvalue weighted by atomic mass is 15.1. The van der Waals surface area contributed by atoms with Gasteiger partial charge in [-0.3, -0.25) is 0 Å². The first-order valence-electron chi connectivity index (χ1n) is 13.8. The largest absolute Gasteiger partial charge is 0.359 e. The molecule has 1 aliphatic rings. The molecule has 0 amide bonds. The average Bonchev–Trinajstić information content (AvgIpc) is 3.03. The Hall–Kier alpha value is -4.95. The van der Waals surface area contributed by atoms with Crippen molar-refractivity contribution >= 4 is 17.1 Å². The summed E-state index contributed by atoms with van der Waals surface area (Å²) in [6.45, 7) is 4.17. The zero-order valence-electron chi connectivity index (χ0n) is 22.9. The summed E-state index contributed by atoms with van der Waals surface area (Å²) in [5.74, 6) is 0.888. The number of allylic oxidation sites excluding steroid dienone is 4. The fourth-order valence-electron chi connectivity index (χ4n) is 5.53. The number of hydrogen-bond donors (Lipinski definition) is 1. The molecule has 5 aromatic rings. The third kappa shape index (κ3) is 4.92. The molecule has 1 N–H and O–H groups in total. The molecule has 2 heteroatoms. The van der Waals surface area contributed by atoms with E-state index in [1.165, 1.54) is 44.5 Å². The first kappa shape index (κ1) is 25.3. The Labute approximate surface area is 237 Å². The molecule has 0 saturated heterocycles. The Kier molecular flexibility index (Phi) is 7.24. The van der Waals surface area contributed by atoms with Crippen molar-refractivity contribution in [3.63, 3.8) is 0 Å². The summed E-state index contributed by atoms with van der Waals surface area (Å²) in [6, 6.07) is 45.1. The molecule has 0 radical (unpaired) electrons. The highest BCUT2D eigenvalue weighted by Gasteiger charge is 2.24. The maximum atomic E-state index is 5.03. The zero-order chi connectivity index (χ0) is 27.3. The van der Waals surface area contributed by atoms with Crippen LogP contribution in [-0.4, -0.2) is 5.84 Å². The minimum atomic E-state index is 0.0491. The van der Waals surface area contributed by atoms with E-state index in [-0.39, 0.29) is 6.04 Å². The molecule has 0 aliphatic carbocycles. The summed E-state index contributed by atoms with van der Waals surface area (Å²) in [5, 5.41) is 3.73. The minimum absolute atomic E-state index is 0.0491. The van der Waals surface area contributed by atoms with E-state index in [1.54, 1.807) is 0 Å². The summed E-state index contributed by atoms with van der Waals surface area (Å²) in [6.07, 6.45) is 6.47. The van der Waals surface area contributed by atoms with Crippen LogP contribution >= 0.6 is 0 Å². The molecule has 0 fully saturated rings. The van der Waals surface area contributed by atoms with Crippen LogP contribution in [0.25, 0.3) is 27.8 Å². The van der Waals surface area contributed by atoms with Crippen LogP contribution in [-0.2, 0) is 0 Å². The van der Waals surface area contributed by atoms with Crippen molar-refractivity contribution in [2.45, 2.75) is 19.9 Å². The average molecular weight is 517 g/mol. The molecular formula is C38H32N2. The van der Waals surface area contributed by atoms with Gasteiger partial charge in [-0.15, -0.1) is 0 Å². The third-order valence-corrected chi connectivity index (χ3v) is 7.46. The van der Waals surface area contributed by atoms with Crippen LogP contribution in [0.15, 0.2) is 151 Å². The highest BCUT2D eigenvalue weighted by Crippen LogP contribution is 2.39. The lowest BCUT2D eigenvalue weighted by molar-refractivity contribution is 0.749. The minimum Gasteiger partial charge on any atom is -0.359 e. The van der Waals surface area contributed by atoms with E-state index >= 15 is 0 Å². The molecule has 0 aromatic heterocycles. The van der Waals surface area contributed by atoms with Crippen molar-refractivity contribution in [3.8, 4) is 22.3 Å². The van der Waals surface area contributed by atoms with E-state index in [0.29, 0.717) is 0 Å². The van der Waals surface area contributed by atoms with Gasteiger partial charge in [-0.2, -0.15) is 0 Å². The summed E-state index contributed by atoms with van der Waals surface area (Å²) in [5.41, 5.74) is 11.8. The molecule has 0 bridgehead atoms. The van der Waals surface area contributed by atoms with E-state index in [0.717, 1.165) is 17.1 Å². The van der Waals surface area contributed by atoms with Crippen LogP contribution in [0.3, 0.4) is 0 Å². The summed E-state index contributed by atoms with van der Waals surface area (Å²) in [7, 11) is 0. The standard InChI is InChI=1S/C38H32N2/c1-3-14-27(4-2)32-20-13-21-33(28-15-7-5-8-16-28)36(32)29-23-25-31(26-24-29)38-39-35-22-12-11-19-34(35)37(40-38)30-17-9-6-10-18-30/h3-26,37H,1-2H3,(H,39,40)/b14-3-,27-4+.